The standard InChI is InChI=1S/C16H22N2O2S/c1-11(2)16-14(10-17)21-15(18-16)7-8-20-13-6-4-5-12(9-13)19-3/h4-6,9,11H,7-8,10,17H2,1-3H3. The molecule has 2 aromatic rings. The molecule has 5 heteroatoms. The van der Waals surface area contributed by atoms with Gasteiger partial charge in [-0.15, -0.1) is 11.3 Å². The molecule has 0 aliphatic carbocycles. The third-order valence-electron chi connectivity index (χ3n) is 3.13. The first-order valence-electron chi connectivity index (χ1n) is 7.09. The molecule has 2 N–H and O–H groups in total. The molecule has 1 aromatic carbocycles. The van der Waals surface area contributed by atoms with Crippen molar-refractivity contribution in [1.82, 2.24) is 4.98 Å². The normalized spacial score (nSPS) is 10.9. The van der Waals surface area contributed by atoms with Gasteiger partial charge in [0.1, 0.15) is 11.5 Å². The molecule has 0 aliphatic heterocycles. The van der Waals surface area contributed by atoms with Gasteiger partial charge in [0.05, 0.1) is 24.4 Å². The molecule has 21 heavy (non-hydrogen) atoms. The highest BCUT2D eigenvalue weighted by atomic mass is 32.1. The van der Waals surface area contributed by atoms with Crippen LogP contribution in [0.1, 0.15) is 35.3 Å². The summed E-state index contributed by atoms with van der Waals surface area (Å²) in [6.07, 6.45) is 0.793. The molecular weight excluding hydrogens is 284 g/mol. The van der Waals surface area contributed by atoms with E-state index in [0.29, 0.717) is 19.1 Å². The van der Waals surface area contributed by atoms with Crippen LogP contribution in [-0.4, -0.2) is 18.7 Å². The fourth-order valence-electron chi connectivity index (χ4n) is 2.07. The van der Waals surface area contributed by atoms with Gasteiger partial charge in [-0.05, 0) is 18.1 Å². The zero-order chi connectivity index (χ0) is 15.2. The molecule has 0 bridgehead atoms. The number of ether oxygens (including phenoxy) is 2. The lowest BCUT2D eigenvalue weighted by Gasteiger charge is -2.06. The lowest BCUT2D eigenvalue weighted by Crippen LogP contribution is -2.02. The number of thiazole rings is 1. The summed E-state index contributed by atoms with van der Waals surface area (Å²) in [6, 6.07) is 7.62. The fraction of sp³-hybridized carbons (Fsp3) is 0.438. The zero-order valence-electron chi connectivity index (χ0n) is 12.8. The smallest absolute Gasteiger partial charge is 0.123 e. The Balaban J connectivity index is 1.94. The highest BCUT2D eigenvalue weighted by Gasteiger charge is 2.12. The quantitative estimate of drug-likeness (QED) is 0.852. The molecule has 0 atom stereocenters. The number of benzene rings is 1. The van der Waals surface area contributed by atoms with Crippen LogP contribution in [0.5, 0.6) is 11.5 Å². The Morgan fingerprint density at radius 2 is 2.05 bits per heavy atom. The summed E-state index contributed by atoms with van der Waals surface area (Å²) < 4.78 is 10.9. The maximum atomic E-state index is 5.78. The van der Waals surface area contributed by atoms with E-state index in [1.54, 1.807) is 18.4 Å². The number of methoxy groups -OCH3 is 1. The van der Waals surface area contributed by atoms with Gasteiger partial charge >= 0.3 is 0 Å². The van der Waals surface area contributed by atoms with Gasteiger partial charge < -0.3 is 15.2 Å². The van der Waals surface area contributed by atoms with Crippen LogP contribution in [0.15, 0.2) is 24.3 Å². The monoisotopic (exact) mass is 306 g/mol. The Labute approximate surface area is 129 Å². The largest absolute Gasteiger partial charge is 0.497 e. The topological polar surface area (TPSA) is 57.4 Å². The molecule has 0 unspecified atom stereocenters. The second kappa shape index (κ2) is 7.43. The predicted molar refractivity (Wildman–Crippen MR) is 86.3 cm³/mol. The van der Waals surface area contributed by atoms with E-state index in [9.17, 15) is 0 Å². The number of hydrogen-bond donors (Lipinski definition) is 1. The molecule has 1 aromatic heterocycles. The van der Waals surface area contributed by atoms with Gasteiger partial charge in [-0.3, -0.25) is 0 Å². The van der Waals surface area contributed by atoms with Crippen LogP contribution in [0.25, 0.3) is 0 Å². The van der Waals surface area contributed by atoms with Crippen molar-refractivity contribution in [3.8, 4) is 11.5 Å². The zero-order valence-corrected chi connectivity index (χ0v) is 13.6. The van der Waals surface area contributed by atoms with Gasteiger partial charge in [0.25, 0.3) is 0 Å². The Morgan fingerprint density at radius 3 is 2.67 bits per heavy atom. The summed E-state index contributed by atoms with van der Waals surface area (Å²) in [5.41, 5.74) is 6.90. The van der Waals surface area contributed by atoms with Crippen molar-refractivity contribution in [2.45, 2.75) is 32.7 Å². The Bertz CT molecular complexity index is 581. The minimum Gasteiger partial charge on any atom is -0.497 e. The molecule has 0 spiro atoms. The van der Waals surface area contributed by atoms with Crippen molar-refractivity contribution >= 4 is 11.3 Å². The van der Waals surface area contributed by atoms with Crippen LogP contribution in [0.3, 0.4) is 0 Å². The van der Waals surface area contributed by atoms with E-state index in [-0.39, 0.29) is 0 Å². The van der Waals surface area contributed by atoms with Crippen LogP contribution in [0.2, 0.25) is 0 Å². The van der Waals surface area contributed by atoms with Crippen molar-refractivity contribution in [3.05, 3.63) is 39.8 Å². The minimum atomic E-state index is 0.410. The molecule has 114 valence electrons. The molecule has 0 radical (unpaired) electrons. The lowest BCUT2D eigenvalue weighted by atomic mass is 10.1. The Kier molecular flexibility index (Phi) is 5.59. The van der Waals surface area contributed by atoms with E-state index < -0.39 is 0 Å². The lowest BCUT2D eigenvalue weighted by molar-refractivity contribution is 0.318. The molecule has 4 nitrogen and oxygen atoms in total. The van der Waals surface area contributed by atoms with E-state index in [2.05, 4.69) is 18.8 Å². The van der Waals surface area contributed by atoms with E-state index >= 15 is 0 Å². The van der Waals surface area contributed by atoms with Gasteiger partial charge in [0.2, 0.25) is 0 Å². The average Bonchev–Trinajstić information content (AvgIpc) is 2.91. The Morgan fingerprint density at radius 1 is 1.29 bits per heavy atom. The van der Waals surface area contributed by atoms with Crippen LogP contribution in [0.4, 0.5) is 0 Å². The number of nitrogens with zero attached hydrogens (tertiary/aromatic N) is 1. The molecule has 1 heterocycles. The van der Waals surface area contributed by atoms with E-state index in [4.69, 9.17) is 15.2 Å². The fourth-order valence-corrected chi connectivity index (χ4v) is 3.15. The second-order valence-corrected chi connectivity index (χ2v) is 6.22. The molecular formula is C16H22N2O2S. The maximum Gasteiger partial charge on any atom is 0.123 e. The van der Waals surface area contributed by atoms with Gasteiger partial charge in [-0.25, -0.2) is 4.98 Å². The van der Waals surface area contributed by atoms with Crippen LogP contribution >= 0.6 is 11.3 Å². The first kappa shape index (κ1) is 15.8. The van der Waals surface area contributed by atoms with Gasteiger partial charge in [-0.1, -0.05) is 19.9 Å². The van der Waals surface area contributed by atoms with Crippen LogP contribution in [0, 0.1) is 0 Å². The molecule has 2 rings (SSSR count). The van der Waals surface area contributed by atoms with Crippen molar-refractivity contribution < 1.29 is 9.47 Å². The molecule has 0 fully saturated rings. The molecule has 0 amide bonds. The third kappa shape index (κ3) is 4.19. The maximum absolute atomic E-state index is 5.78. The summed E-state index contributed by atoms with van der Waals surface area (Å²) in [5, 5.41) is 1.09. The molecule has 0 aliphatic rings. The van der Waals surface area contributed by atoms with E-state index in [1.165, 1.54) is 4.88 Å². The number of aromatic nitrogens is 1. The molecule has 0 saturated carbocycles. The van der Waals surface area contributed by atoms with Gasteiger partial charge in [0.15, 0.2) is 0 Å². The van der Waals surface area contributed by atoms with Crippen molar-refractivity contribution in [1.29, 1.82) is 0 Å². The van der Waals surface area contributed by atoms with Gasteiger partial charge in [-0.2, -0.15) is 0 Å². The first-order chi connectivity index (χ1) is 10.1. The predicted octanol–water partition coefficient (Wildman–Crippen LogP) is 3.36. The SMILES string of the molecule is COc1cccc(OCCc2nc(C(C)C)c(CN)s2)c1. The second-order valence-electron chi connectivity index (χ2n) is 5.05. The van der Waals surface area contributed by atoms with Crippen molar-refractivity contribution in [2.24, 2.45) is 5.73 Å². The molecule has 0 saturated heterocycles. The summed E-state index contributed by atoms with van der Waals surface area (Å²) in [5.74, 6) is 2.02. The minimum absolute atomic E-state index is 0.410. The van der Waals surface area contributed by atoms with Crippen molar-refractivity contribution in [2.75, 3.05) is 13.7 Å². The Hall–Kier alpha value is -1.59. The number of rotatable bonds is 7. The summed E-state index contributed by atoms with van der Waals surface area (Å²) in [4.78, 5) is 5.86. The van der Waals surface area contributed by atoms with Crippen LogP contribution in [-0.2, 0) is 13.0 Å². The summed E-state index contributed by atoms with van der Waals surface area (Å²) >= 11 is 1.69. The van der Waals surface area contributed by atoms with E-state index in [1.807, 2.05) is 24.3 Å². The number of hydrogen-bond acceptors (Lipinski definition) is 5. The average molecular weight is 306 g/mol. The third-order valence-corrected chi connectivity index (χ3v) is 4.28. The van der Waals surface area contributed by atoms with Crippen LogP contribution < -0.4 is 15.2 Å². The van der Waals surface area contributed by atoms with E-state index in [0.717, 1.165) is 28.6 Å². The number of nitrogens with two attached hydrogens (primary N) is 1. The highest BCUT2D eigenvalue weighted by Crippen LogP contribution is 2.25. The first-order valence-corrected chi connectivity index (χ1v) is 7.91. The van der Waals surface area contributed by atoms with Crippen molar-refractivity contribution in [3.63, 3.8) is 0 Å². The summed E-state index contributed by atoms with van der Waals surface area (Å²) in [6.45, 7) is 5.44. The summed E-state index contributed by atoms with van der Waals surface area (Å²) in [7, 11) is 1.65. The van der Waals surface area contributed by atoms with Gasteiger partial charge in [0, 0.05) is 23.9 Å². The highest BCUT2D eigenvalue weighted by molar-refractivity contribution is 7.11.